The van der Waals surface area contributed by atoms with Crippen molar-refractivity contribution in [1.82, 2.24) is 4.90 Å². The van der Waals surface area contributed by atoms with E-state index in [9.17, 15) is 35.9 Å². The third-order valence-electron chi connectivity index (χ3n) is 7.81. The zero-order valence-electron chi connectivity index (χ0n) is 24.5. The molecule has 5 rings (SSSR count). The van der Waals surface area contributed by atoms with Crippen molar-refractivity contribution in [1.29, 1.82) is 0 Å². The number of anilines is 2. The molecule has 0 saturated carbocycles. The maximum absolute atomic E-state index is 14.3. The standard InChI is InChI=1S/C34H29F6N3O3/c1-46-32(45)30(23-7-3-2-4-8-23)43-19-17-42(18-20-43)29-16-15-25(21-28(29)34(38,39)40)41-31(44)27-10-6-5-9-26(27)22-11-13-24(14-12-22)33(35,36)37/h2-16,21,30H,17-20H2,1H3,(H,41,44). The summed E-state index contributed by atoms with van der Waals surface area (Å²) in [4.78, 5) is 29.3. The Labute approximate surface area is 261 Å². The fourth-order valence-electron chi connectivity index (χ4n) is 5.55. The molecule has 46 heavy (non-hydrogen) atoms. The van der Waals surface area contributed by atoms with Crippen LogP contribution in [0.1, 0.15) is 33.1 Å². The first kappa shape index (κ1) is 32.6. The number of alkyl halides is 6. The monoisotopic (exact) mass is 641 g/mol. The molecule has 240 valence electrons. The molecule has 1 saturated heterocycles. The molecule has 0 bridgehead atoms. The number of carbonyl (C=O) groups is 2. The van der Waals surface area contributed by atoms with E-state index in [-0.39, 0.29) is 30.0 Å². The minimum atomic E-state index is -4.75. The zero-order valence-corrected chi connectivity index (χ0v) is 24.5. The summed E-state index contributed by atoms with van der Waals surface area (Å²) < 4.78 is 87.1. The molecule has 1 aliphatic heterocycles. The molecule has 0 aromatic heterocycles. The molecule has 4 aromatic rings. The van der Waals surface area contributed by atoms with Crippen LogP contribution in [0.15, 0.2) is 97.1 Å². The number of halogens is 6. The van der Waals surface area contributed by atoms with Gasteiger partial charge in [-0.3, -0.25) is 9.69 Å². The van der Waals surface area contributed by atoms with E-state index in [1.54, 1.807) is 47.4 Å². The van der Waals surface area contributed by atoms with Crippen LogP contribution < -0.4 is 10.2 Å². The van der Waals surface area contributed by atoms with Crippen LogP contribution in [-0.4, -0.2) is 50.1 Å². The molecule has 1 amide bonds. The predicted molar refractivity (Wildman–Crippen MR) is 161 cm³/mol. The minimum Gasteiger partial charge on any atom is -0.468 e. The lowest BCUT2D eigenvalue weighted by Crippen LogP contribution is -2.49. The van der Waals surface area contributed by atoms with E-state index < -0.39 is 41.4 Å². The highest BCUT2D eigenvalue weighted by Crippen LogP contribution is 2.39. The Bertz CT molecular complexity index is 1680. The van der Waals surface area contributed by atoms with Crippen molar-refractivity contribution in [2.24, 2.45) is 0 Å². The molecular weight excluding hydrogens is 612 g/mol. The summed E-state index contributed by atoms with van der Waals surface area (Å²) in [6, 6.07) is 22.2. The molecule has 12 heteroatoms. The average Bonchev–Trinajstić information content (AvgIpc) is 3.05. The highest BCUT2D eigenvalue weighted by molar-refractivity contribution is 6.08. The SMILES string of the molecule is COC(=O)C(c1ccccc1)N1CCN(c2ccc(NC(=O)c3ccccc3-c3ccc(C(F)(F)F)cc3)cc2C(F)(F)F)CC1. The second-order valence-corrected chi connectivity index (χ2v) is 10.7. The number of amides is 1. The molecule has 1 fully saturated rings. The Kier molecular flexibility index (Phi) is 9.38. The van der Waals surface area contributed by atoms with E-state index in [1.165, 1.54) is 37.4 Å². The van der Waals surface area contributed by atoms with E-state index in [0.29, 0.717) is 24.2 Å². The highest BCUT2D eigenvalue weighted by Gasteiger charge is 2.37. The molecule has 0 spiro atoms. The van der Waals surface area contributed by atoms with Gasteiger partial charge in [-0.15, -0.1) is 0 Å². The van der Waals surface area contributed by atoms with Crippen LogP contribution >= 0.6 is 0 Å². The van der Waals surface area contributed by atoms with Gasteiger partial charge in [0.1, 0.15) is 6.04 Å². The Hall–Kier alpha value is -4.84. The van der Waals surface area contributed by atoms with Crippen LogP contribution in [0.5, 0.6) is 0 Å². The summed E-state index contributed by atoms with van der Waals surface area (Å²) >= 11 is 0. The summed E-state index contributed by atoms with van der Waals surface area (Å²) in [5.74, 6) is -1.18. The highest BCUT2D eigenvalue weighted by atomic mass is 19.4. The third-order valence-corrected chi connectivity index (χ3v) is 7.81. The maximum Gasteiger partial charge on any atom is 0.418 e. The molecule has 0 radical (unpaired) electrons. The number of nitrogens with one attached hydrogen (secondary N) is 1. The maximum atomic E-state index is 14.3. The number of carbonyl (C=O) groups excluding carboxylic acids is 2. The molecule has 1 atom stereocenters. The van der Waals surface area contributed by atoms with Gasteiger partial charge in [0, 0.05) is 43.1 Å². The second-order valence-electron chi connectivity index (χ2n) is 10.7. The van der Waals surface area contributed by atoms with Gasteiger partial charge in [-0.05, 0) is 53.1 Å². The summed E-state index contributed by atoms with van der Waals surface area (Å²) in [6.45, 7) is 1.00. The minimum absolute atomic E-state index is 0.0652. The van der Waals surface area contributed by atoms with Crippen molar-refractivity contribution in [2.75, 3.05) is 43.5 Å². The Balaban J connectivity index is 1.35. The molecule has 1 heterocycles. The van der Waals surface area contributed by atoms with Gasteiger partial charge in [0.05, 0.1) is 18.2 Å². The molecule has 0 aliphatic carbocycles. The van der Waals surface area contributed by atoms with Gasteiger partial charge in [-0.25, -0.2) is 4.79 Å². The van der Waals surface area contributed by atoms with Gasteiger partial charge >= 0.3 is 18.3 Å². The van der Waals surface area contributed by atoms with Gasteiger partial charge < -0.3 is 15.0 Å². The number of esters is 1. The second kappa shape index (κ2) is 13.3. The number of rotatable bonds is 7. The largest absolute Gasteiger partial charge is 0.468 e. The quantitative estimate of drug-likeness (QED) is 0.166. The van der Waals surface area contributed by atoms with Crippen molar-refractivity contribution in [3.05, 3.63) is 119 Å². The molecule has 6 nitrogen and oxygen atoms in total. The van der Waals surface area contributed by atoms with E-state index in [2.05, 4.69) is 5.32 Å². The van der Waals surface area contributed by atoms with Gasteiger partial charge in [0.15, 0.2) is 0 Å². The third kappa shape index (κ3) is 7.17. The number of piperazine rings is 1. The van der Waals surface area contributed by atoms with Crippen LogP contribution in [0.2, 0.25) is 0 Å². The Morgan fingerprint density at radius 3 is 2.00 bits per heavy atom. The van der Waals surface area contributed by atoms with Crippen molar-refractivity contribution in [3.8, 4) is 11.1 Å². The fourth-order valence-corrected chi connectivity index (χ4v) is 5.55. The van der Waals surface area contributed by atoms with E-state index >= 15 is 0 Å². The van der Waals surface area contributed by atoms with Crippen molar-refractivity contribution in [3.63, 3.8) is 0 Å². The van der Waals surface area contributed by atoms with Gasteiger partial charge in [-0.2, -0.15) is 26.3 Å². The first-order valence-corrected chi connectivity index (χ1v) is 14.3. The molecular formula is C34H29F6N3O3. The Morgan fingerprint density at radius 1 is 0.761 bits per heavy atom. The van der Waals surface area contributed by atoms with Crippen LogP contribution in [0.25, 0.3) is 11.1 Å². The van der Waals surface area contributed by atoms with Crippen LogP contribution in [0, 0.1) is 0 Å². The topological polar surface area (TPSA) is 61.9 Å². The summed E-state index contributed by atoms with van der Waals surface area (Å²) in [5.41, 5.74) is -0.498. The number of benzene rings is 4. The molecule has 4 aromatic carbocycles. The lowest BCUT2D eigenvalue weighted by atomic mass is 9.98. The summed E-state index contributed by atoms with van der Waals surface area (Å²) in [6.07, 6.45) is -9.27. The molecule has 1 N–H and O–H groups in total. The smallest absolute Gasteiger partial charge is 0.418 e. The Morgan fingerprint density at radius 2 is 1.39 bits per heavy atom. The van der Waals surface area contributed by atoms with Crippen LogP contribution in [-0.2, 0) is 21.9 Å². The zero-order chi connectivity index (χ0) is 33.1. The first-order valence-electron chi connectivity index (χ1n) is 14.3. The van der Waals surface area contributed by atoms with Crippen molar-refractivity contribution >= 4 is 23.3 Å². The first-order chi connectivity index (χ1) is 21.9. The van der Waals surface area contributed by atoms with Crippen molar-refractivity contribution < 1.29 is 40.7 Å². The van der Waals surface area contributed by atoms with Gasteiger partial charge in [-0.1, -0.05) is 60.7 Å². The lowest BCUT2D eigenvalue weighted by molar-refractivity contribution is -0.147. The van der Waals surface area contributed by atoms with E-state index in [4.69, 9.17) is 4.74 Å². The average molecular weight is 642 g/mol. The van der Waals surface area contributed by atoms with Crippen LogP contribution in [0.3, 0.4) is 0 Å². The fraction of sp³-hybridized carbons (Fsp3) is 0.235. The predicted octanol–water partition coefficient (Wildman–Crippen LogP) is 7.68. The van der Waals surface area contributed by atoms with Gasteiger partial charge in [0.2, 0.25) is 0 Å². The molecule has 1 unspecified atom stereocenters. The normalized spacial score (nSPS) is 14.9. The number of hydrogen-bond donors (Lipinski definition) is 1. The number of ether oxygens (including phenoxy) is 1. The number of hydrogen-bond acceptors (Lipinski definition) is 5. The molecule has 1 aliphatic rings. The van der Waals surface area contributed by atoms with Gasteiger partial charge in [0.25, 0.3) is 5.91 Å². The summed E-state index contributed by atoms with van der Waals surface area (Å²) in [7, 11) is 1.29. The van der Waals surface area contributed by atoms with Crippen molar-refractivity contribution in [2.45, 2.75) is 18.4 Å². The number of nitrogens with zero attached hydrogens (tertiary/aromatic N) is 2. The van der Waals surface area contributed by atoms with E-state index in [0.717, 1.165) is 23.8 Å². The van der Waals surface area contributed by atoms with E-state index in [1.807, 2.05) is 11.0 Å². The summed E-state index contributed by atoms with van der Waals surface area (Å²) in [5, 5.41) is 2.51. The van der Waals surface area contributed by atoms with Crippen LogP contribution in [0.4, 0.5) is 37.7 Å². The number of methoxy groups -OCH3 is 1. The lowest BCUT2D eigenvalue weighted by Gasteiger charge is -2.40.